The molecule has 3 rings (SSSR count). The second-order valence-corrected chi connectivity index (χ2v) is 7.23. The zero-order valence-corrected chi connectivity index (χ0v) is 16.9. The number of imidazole rings is 1. The highest BCUT2D eigenvalue weighted by molar-refractivity contribution is 5.78. The third kappa shape index (κ3) is 4.63. The molecule has 1 N–H and O–H groups in total. The van der Waals surface area contributed by atoms with E-state index in [0.29, 0.717) is 13.0 Å². The van der Waals surface area contributed by atoms with E-state index in [9.17, 15) is 5.11 Å². The van der Waals surface area contributed by atoms with Crippen LogP contribution in [0.3, 0.4) is 0 Å². The lowest BCUT2D eigenvalue weighted by molar-refractivity contribution is 0.291. The maximum Gasteiger partial charge on any atom is 0.122 e. The minimum Gasteiger partial charge on any atom is -0.493 e. The van der Waals surface area contributed by atoms with E-state index < -0.39 is 0 Å². The van der Waals surface area contributed by atoms with Crippen molar-refractivity contribution >= 4 is 11.0 Å². The Balaban J connectivity index is 1.63. The molecular formula is C24H30N2O2. The highest BCUT2D eigenvalue weighted by Gasteiger charge is 2.11. The first-order valence-corrected chi connectivity index (χ1v) is 10.0. The van der Waals surface area contributed by atoms with E-state index >= 15 is 0 Å². The Labute approximate surface area is 167 Å². The van der Waals surface area contributed by atoms with Crippen LogP contribution in [0.15, 0.2) is 49.1 Å². The lowest BCUT2D eigenvalue weighted by atomic mass is 10.1. The van der Waals surface area contributed by atoms with E-state index in [1.165, 1.54) is 16.7 Å². The van der Waals surface area contributed by atoms with Crippen molar-refractivity contribution in [2.45, 2.75) is 46.1 Å². The Morgan fingerprint density at radius 2 is 1.93 bits per heavy atom. The highest BCUT2D eigenvalue weighted by atomic mass is 16.5. The van der Waals surface area contributed by atoms with Gasteiger partial charge in [0.25, 0.3) is 0 Å². The van der Waals surface area contributed by atoms with Crippen LogP contribution in [0.5, 0.6) is 5.75 Å². The molecule has 0 saturated carbocycles. The van der Waals surface area contributed by atoms with Crippen LogP contribution in [0, 0.1) is 13.8 Å². The predicted octanol–water partition coefficient (Wildman–Crippen LogP) is 4.78. The Hall–Kier alpha value is -2.59. The monoisotopic (exact) mass is 378 g/mol. The maximum atomic E-state index is 9.40. The number of unbranched alkanes of at least 4 members (excludes halogenated alkanes) is 1. The second-order valence-electron chi connectivity index (χ2n) is 7.23. The van der Waals surface area contributed by atoms with Crippen LogP contribution >= 0.6 is 0 Å². The van der Waals surface area contributed by atoms with Crippen molar-refractivity contribution in [3.8, 4) is 5.75 Å². The number of rotatable bonds is 10. The third-order valence-corrected chi connectivity index (χ3v) is 5.15. The van der Waals surface area contributed by atoms with Crippen LogP contribution in [0.4, 0.5) is 0 Å². The van der Waals surface area contributed by atoms with Gasteiger partial charge in [-0.15, -0.1) is 6.58 Å². The molecule has 28 heavy (non-hydrogen) atoms. The van der Waals surface area contributed by atoms with E-state index in [2.05, 4.69) is 43.2 Å². The van der Waals surface area contributed by atoms with Crippen LogP contribution < -0.4 is 4.74 Å². The Bertz CT molecular complexity index is 943. The minimum atomic E-state index is 0.116. The quantitative estimate of drug-likeness (QED) is 0.408. The summed E-state index contributed by atoms with van der Waals surface area (Å²) in [5.74, 6) is 1.90. The first-order valence-electron chi connectivity index (χ1n) is 10.0. The molecule has 1 aromatic heterocycles. The number of nitrogens with zero attached hydrogens (tertiary/aromatic N) is 2. The van der Waals surface area contributed by atoms with E-state index in [0.717, 1.165) is 48.4 Å². The summed E-state index contributed by atoms with van der Waals surface area (Å²) in [5, 5.41) is 9.40. The number of aliphatic hydroxyl groups is 1. The van der Waals surface area contributed by atoms with Gasteiger partial charge in [0.05, 0.1) is 24.2 Å². The molecule has 148 valence electrons. The standard InChI is InChI=1S/C24H30N2O2/c1-4-9-20-10-5-6-11-23(20)28-15-8-7-13-26-22-17-19(3)18(2)16-21(22)25-24(26)12-14-27/h4-6,10-11,16-17,27H,1,7-9,12-15H2,2-3H3. The van der Waals surface area contributed by atoms with Crippen molar-refractivity contribution in [1.82, 2.24) is 9.55 Å². The first kappa shape index (κ1) is 20.2. The molecule has 0 unspecified atom stereocenters. The van der Waals surface area contributed by atoms with Crippen LogP contribution in [-0.4, -0.2) is 27.9 Å². The van der Waals surface area contributed by atoms with Gasteiger partial charge < -0.3 is 14.4 Å². The fourth-order valence-electron chi connectivity index (χ4n) is 3.49. The van der Waals surface area contributed by atoms with Crippen LogP contribution in [0.1, 0.15) is 35.4 Å². The van der Waals surface area contributed by atoms with Gasteiger partial charge in [-0.25, -0.2) is 4.98 Å². The fourth-order valence-corrected chi connectivity index (χ4v) is 3.49. The zero-order chi connectivity index (χ0) is 19.9. The lowest BCUT2D eigenvalue weighted by Crippen LogP contribution is -2.08. The first-order chi connectivity index (χ1) is 13.6. The number of hydrogen-bond acceptors (Lipinski definition) is 3. The van der Waals surface area contributed by atoms with Gasteiger partial charge in [0.1, 0.15) is 11.6 Å². The highest BCUT2D eigenvalue weighted by Crippen LogP contribution is 2.22. The number of ether oxygens (including phenoxy) is 1. The van der Waals surface area contributed by atoms with Gasteiger partial charge in [-0.1, -0.05) is 24.3 Å². The van der Waals surface area contributed by atoms with Gasteiger partial charge in [-0.3, -0.25) is 0 Å². The topological polar surface area (TPSA) is 47.3 Å². The Morgan fingerprint density at radius 3 is 2.71 bits per heavy atom. The van der Waals surface area contributed by atoms with Gasteiger partial charge in [0.15, 0.2) is 0 Å². The smallest absolute Gasteiger partial charge is 0.122 e. The maximum absolute atomic E-state index is 9.40. The SMILES string of the molecule is C=CCc1ccccc1OCCCCn1c(CCO)nc2cc(C)c(C)cc21. The molecule has 0 spiro atoms. The van der Waals surface area contributed by atoms with Gasteiger partial charge in [0, 0.05) is 13.0 Å². The fraction of sp³-hybridized carbons (Fsp3) is 0.375. The largest absolute Gasteiger partial charge is 0.493 e. The van der Waals surface area contributed by atoms with Crippen molar-refractivity contribution in [1.29, 1.82) is 0 Å². The third-order valence-electron chi connectivity index (χ3n) is 5.15. The number of hydrogen-bond donors (Lipinski definition) is 1. The van der Waals surface area contributed by atoms with Crippen molar-refractivity contribution < 1.29 is 9.84 Å². The number of para-hydroxylation sites is 1. The Morgan fingerprint density at radius 1 is 1.14 bits per heavy atom. The van der Waals surface area contributed by atoms with Gasteiger partial charge in [0.2, 0.25) is 0 Å². The molecule has 0 aliphatic carbocycles. The number of aliphatic hydroxyl groups excluding tert-OH is 1. The molecule has 3 aromatic rings. The molecule has 4 heteroatoms. The summed E-state index contributed by atoms with van der Waals surface area (Å²) in [4.78, 5) is 4.75. The molecule has 0 aliphatic heterocycles. The number of allylic oxidation sites excluding steroid dienone is 1. The summed E-state index contributed by atoms with van der Waals surface area (Å²) in [6.07, 6.45) is 5.27. The van der Waals surface area contributed by atoms with Gasteiger partial charge in [-0.05, 0) is 68.0 Å². The van der Waals surface area contributed by atoms with E-state index in [1.807, 2.05) is 24.3 Å². The number of aromatic nitrogens is 2. The minimum absolute atomic E-state index is 0.116. The molecule has 0 atom stereocenters. The molecule has 0 fully saturated rings. The summed E-state index contributed by atoms with van der Waals surface area (Å²) in [6.45, 7) is 9.74. The van der Waals surface area contributed by atoms with Crippen LogP contribution in [0.25, 0.3) is 11.0 Å². The summed E-state index contributed by atoms with van der Waals surface area (Å²) in [7, 11) is 0. The van der Waals surface area contributed by atoms with E-state index in [4.69, 9.17) is 9.72 Å². The summed E-state index contributed by atoms with van der Waals surface area (Å²) in [6, 6.07) is 12.5. The predicted molar refractivity (Wildman–Crippen MR) is 115 cm³/mol. The average Bonchev–Trinajstić information content (AvgIpc) is 3.00. The molecule has 4 nitrogen and oxygen atoms in total. The van der Waals surface area contributed by atoms with Crippen molar-refractivity contribution in [3.05, 3.63) is 71.6 Å². The summed E-state index contributed by atoms with van der Waals surface area (Å²) < 4.78 is 8.25. The number of benzene rings is 2. The molecule has 1 heterocycles. The molecule has 2 aromatic carbocycles. The van der Waals surface area contributed by atoms with Crippen molar-refractivity contribution in [2.75, 3.05) is 13.2 Å². The molecule has 0 radical (unpaired) electrons. The molecule has 0 aliphatic rings. The van der Waals surface area contributed by atoms with Crippen LogP contribution in [0.2, 0.25) is 0 Å². The molecular weight excluding hydrogens is 348 g/mol. The normalized spacial score (nSPS) is 11.1. The number of aryl methyl sites for hydroxylation is 3. The van der Waals surface area contributed by atoms with Gasteiger partial charge >= 0.3 is 0 Å². The molecule has 0 amide bonds. The molecule has 0 bridgehead atoms. The number of fused-ring (bicyclic) bond motifs is 1. The summed E-state index contributed by atoms with van der Waals surface area (Å²) >= 11 is 0. The van der Waals surface area contributed by atoms with E-state index in [-0.39, 0.29) is 6.61 Å². The summed E-state index contributed by atoms with van der Waals surface area (Å²) in [5.41, 5.74) is 5.87. The average molecular weight is 379 g/mol. The van der Waals surface area contributed by atoms with Crippen molar-refractivity contribution in [2.24, 2.45) is 0 Å². The second kappa shape index (κ2) is 9.56. The molecule has 0 saturated heterocycles. The van der Waals surface area contributed by atoms with Crippen molar-refractivity contribution in [3.63, 3.8) is 0 Å². The van der Waals surface area contributed by atoms with Gasteiger partial charge in [-0.2, -0.15) is 0 Å². The zero-order valence-electron chi connectivity index (χ0n) is 16.9. The Kier molecular flexibility index (Phi) is 6.88. The lowest BCUT2D eigenvalue weighted by Gasteiger charge is -2.12. The van der Waals surface area contributed by atoms with Crippen LogP contribution in [-0.2, 0) is 19.4 Å². The van der Waals surface area contributed by atoms with E-state index in [1.54, 1.807) is 0 Å².